The van der Waals surface area contributed by atoms with Crippen molar-refractivity contribution in [1.29, 1.82) is 0 Å². The maximum absolute atomic E-state index is 11.2. The lowest BCUT2D eigenvalue weighted by molar-refractivity contribution is -0.114. The first-order valence-corrected chi connectivity index (χ1v) is 10.8. The Morgan fingerprint density at radius 2 is 2.06 bits per heavy atom. The van der Waals surface area contributed by atoms with Gasteiger partial charge in [0.1, 0.15) is 5.82 Å². The predicted molar refractivity (Wildman–Crippen MR) is 121 cm³/mol. The SMILES string of the molecule is COc1c(Nc2cc(C)[nH]n2)nc(Sc2ccc(NC(C)=O)nc2)nc1N1CCOCC1. The molecule has 3 aromatic heterocycles. The Bertz CT molecular complexity index is 1080. The van der Waals surface area contributed by atoms with Crippen LogP contribution in [-0.4, -0.2) is 64.5 Å². The first kappa shape index (κ1) is 21.8. The number of ether oxygens (including phenoxy) is 2. The molecule has 1 fully saturated rings. The summed E-state index contributed by atoms with van der Waals surface area (Å²) in [6.07, 6.45) is 1.67. The highest BCUT2D eigenvalue weighted by Gasteiger charge is 2.23. The molecule has 0 bridgehead atoms. The number of pyridine rings is 1. The number of methoxy groups -OCH3 is 1. The fourth-order valence-corrected chi connectivity index (χ4v) is 3.85. The molecule has 12 heteroatoms. The molecule has 3 aromatic rings. The standard InChI is InChI=1S/C20H24N8O3S/c1-12-10-16(27-26-12)23-18-17(30-3)19(28-6-8-31-9-7-28)25-20(24-18)32-14-4-5-15(21-11-14)22-13(2)29/h4-5,10-11H,6-9H2,1-3H3,(H,21,22,29)(H2,23,24,25,26,27). The molecule has 1 aliphatic rings. The molecule has 4 heterocycles. The lowest BCUT2D eigenvalue weighted by Crippen LogP contribution is -2.37. The van der Waals surface area contributed by atoms with E-state index in [4.69, 9.17) is 14.5 Å². The zero-order valence-electron chi connectivity index (χ0n) is 18.0. The van der Waals surface area contributed by atoms with Gasteiger partial charge in [0.2, 0.25) is 11.7 Å². The lowest BCUT2D eigenvalue weighted by atomic mass is 10.3. The number of aryl methyl sites for hydroxylation is 1. The quantitative estimate of drug-likeness (QED) is 0.456. The van der Waals surface area contributed by atoms with Crippen LogP contribution < -0.4 is 20.3 Å². The van der Waals surface area contributed by atoms with Gasteiger partial charge in [0, 0.05) is 42.9 Å². The molecule has 11 nitrogen and oxygen atoms in total. The van der Waals surface area contributed by atoms with Gasteiger partial charge in [0.15, 0.2) is 22.6 Å². The predicted octanol–water partition coefficient (Wildman–Crippen LogP) is 2.60. The van der Waals surface area contributed by atoms with E-state index in [1.807, 2.05) is 19.1 Å². The molecule has 1 aliphatic heterocycles. The molecule has 1 amide bonds. The van der Waals surface area contributed by atoms with Crippen LogP contribution in [0, 0.1) is 6.92 Å². The van der Waals surface area contributed by atoms with Crippen LogP contribution in [0.3, 0.4) is 0 Å². The summed E-state index contributed by atoms with van der Waals surface area (Å²) in [5, 5.41) is 13.6. The van der Waals surface area contributed by atoms with Crippen LogP contribution in [-0.2, 0) is 9.53 Å². The van der Waals surface area contributed by atoms with Crippen LogP contribution in [0.2, 0.25) is 0 Å². The highest BCUT2D eigenvalue weighted by molar-refractivity contribution is 7.99. The summed E-state index contributed by atoms with van der Waals surface area (Å²) < 4.78 is 11.2. The van der Waals surface area contributed by atoms with Gasteiger partial charge < -0.3 is 25.0 Å². The molecular formula is C20H24N8O3S. The van der Waals surface area contributed by atoms with Crippen molar-refractivity contribution < 1.29 is 14.3 Å². The van der Waals surface area contributed by atoms with Crippen molar-refractivity contribution in [2.24, 2.45) is 0 Å². The number of nitrogens with one attached hydrogen (secondary N) is 3. The molecule has 168 valence electrons. The van der Waals surface area contributed by atoms with E-state index >= 15 is 0 Å². The second-order valence-electron chi connectivity index (χ2n) is 7.03. The summed E-state index contributed by atoms with van der Waals surface area (Å²) in [6.45, 7) is 6.00. The molecule has 0 atom stereocenters. The molecule has 0 spiro atoms. The van der Waals surface area contributed by atoms with Crippen LogP contribution in [0.1, 0.15) is 12.6 Å². The molecule has 0 unspecified atom stereocenters. The van der Waals surface area contributed by atoms with Crippen molar-refractivity contribution >= 4 is 40.9 Å². The monoisotopic (exact) mass is 456 g/mol. The van der Waals surface area contributed by atoms with Crippen molar-refractivity contribution in [1.82, 2.24) is 25.1 Å². The molecule has 4 rings (SSSR count). The number of morpholine rings is 1. The van der Waals surface area contributed by atoms with Crippen molar-refractivity contribution in [2.45, 2.75) is 23.9 Å². The number of nitrogens with zero attached hydrogens (tertiary/aromatic N) is 5. The summed E-state index contributed by atoms with van der Waals surface area (Å²) in [4.78, 5) is 27.9. The molecule has 1 saturated heterocycles. The number of aromatic amines is 1. The summed E-state index contributed by atoms with van der Waals surface area (Å²) in [5.41, 5.74) is 0.925. The normalized spacial score (nSPS) is 13.7. The van der Waals surface area contributed by atoms with Gasteiger partial charge >= 0.3 is 0 Å². The van der Waals surface area contributed by atoms with Gasteiger partial charge in [-0.05, 0) is 30.8 Å². The van der Waals surface area contributed by atoms with Crippen LogP contribution in [0.5, 0.6) is 5.75 Å². The second-order valence-corrected chi connectivity index (χ2v) is 8.08. The number of amides is 1. The van der Waals surface area contributed by atoms with Crippen molar-refractivity contribution in [3.8, 4) is 5.75 Å². The first-order valence-electron chi connectivity index (χ1n) is 10.0. The Kier molecular flexibility index (Phi) is 6.71. The molecule has 32 heavy (non-hydrogen) atoms. The number of aromatic nitrogens is 5. The molecule has 0 saturated carbocycles. The Hall–Kier alpha value is -3.38. The van der Waals surface area contributed by atoms with Crippen LogP contribution in [0.15, 0.2) is 34.4 Å². The van der Waals surface area contributed by atoms with Crippen molar-refractivity contribution in [3.63, 3.8) is 0 Å². The number of H-pyrrole nitrogens is 1. The Labute approximate surface area is 189 Å². The van der Waals surface area contributed by atoms with Gasteiger partial charge in [-0.2, -0.15) is 5.10 Å². The number of carbonyl (C=O) groups is 1. The average molecular weight is 457 g/mol. The first-order chi connectivity index (χ1) is 15.5. The number of carbonyl (C=O) groups excluding carboxylic acids is 1. The number of hydrogen-bond donors (Lipinski definition) is 3. The van der Waals surface area contributed by atoms with Crippen LogP contribution in [0.25, 0.3) is 0 Å². The van der Waals surface area contributed by atoms with Gasteiger partial charge in [0.25, 0.3) is 0 Å². The number of hydrogen-bond acceptors (Lipinski definition) is 10. The Morgan fingerprint density at radius 1 is 1.25 bits per heavy atom. The van der Waals surface area contributed by atoms with E-state index in [0.717, 1.165) is 10.6 Å². The minimum Gasteiger partial charge on any atom is -0.490 e. The van der Waals surface area contributed by atoms with Gasteiger partial charge in [-0.15, -0.1) is 0 Å². The number of anilines is 4. The molecule has 0 aromatic carbocycles. The van der Waals surface area contributed by atoms with Crippen LogP contribution >= 0.6 is 11.8 Å². The zero-order chi connectivity index (χ0) is 22.5. The van der Waals surface area contributed by atoms with Gasteiger partial charge in [-0.1, -0.05) is 0 Å². The number of rotatable bonds is 7. The summed E-state index contributed by atoms with van der Waals surface area (Å²) >= 11 is 1.36. The van der Waals surface area contributed by atoms with Crippen molar-refractivity contribution in [2.75, 3.05) is 48.9 Å². The lowest BCUT2D eigenvalue weighted by Gasteiger charge is -2.29. The Morgan fingerprint density at radius 3 is 2.69 bits per heavy atom. The molecular weight excluding hydrogens is 432 g/mol. The minimum atomic E-state index is -0.170. The zero-order valence-corrected chi connectivity index (χ0v) is 18.8. The molecule has 0 radical (unpaired) electrons. The van der Waals surface area contributed by atoms with E-state index in [9.17, 15) is 4.79 Å². The highest BCUT2D eigenvalue weighted by Crippen LogP contribution is 2.38. The third kappa shape index (κ3) is 5.26. The average Bonchev–Trinajstić information content (AvgIpc) is 3.19. The van der Waals surface area contributed by atoms with E-state index in [1.165, 1.54) is 18.7 Å². The maximum atomic E-state index is 11.2. The summed E-state index contributed by atoms with van der Waals surface area (Å²) in [5.74, 6) is 2.69. The minimum absolute atomic E-state index is 0.170. The van der Waals surface area contributed by atoms with E-state index in [2.05, 4.69) is 35.7 Å². The summed E-state index contributed by atoms with van der Waals surface area (Å²) in [6, 6.07) is 5.48. The summed E-state index contributed by atoms with van der Waals surface area (Å²) in [7, 11) is 1.60. The molecule has 0 aliphatic carbocycles. The maximum Gasteiger partial charge on any atom is 0.222 e. The smallest absolute Gasteiger partial charge is 0.222 e. The Balaban J connectivity index is 1.67. The largest absolute Gasteiger partial charge is 0.490 e. The van der Waals surface area contributed by atoms with E-state index < -0.39 is 0 Å². The third-order valence-electron chi connectivity index (χ3n) is 4.54. The second kappa shape index (κ2) is 9.83. The topological polar surface area (TPSA) is 130 Å². The van der Waals surface area contributed by atoms with Crippen LogP contribution in [0.4, 0.5) is 23.3 Å². The highest BCUT2D eigenvalue weighted by atomic mass is 32.2. The molecule has 3 N–H and O–H groups in total. The van der Waals surface area contributed by atoms with E-state index in [1.54, 1.807) is 19.4 Å². The third-order valence-corrected chi connectivity index (χ3v) is 5.39. The fraction of sp³-hybridized carbons (Fsp3) is 0.350. The van der Waals surface area contributed by atoms with Gasteiger partial charge in [-0.3, -0.25) is 9.89 Å². The van der Waals surface area contributed by atoms with Crippen molar-refractivity contribution in [3.05, 3.63) is 30.1 Å². The van der Waals surface area contributed by atoms with E-state index in [0.29, 0.717) is 60.5 Å². The van der Waals surface area contributed by atoms with Gasteiger partial charge in [-0.25, -0.2) is 15.0 Å². The fourth-order valence-electron chi connectivity index (χ4n) is 3.13. The van der Waals surface area contributed by atoms with Gasteiger partial charge in [0.05, 0.1) is 20.3 Å². The van der Waals surface area contributed by atoms with E-state index in [-0.39, 0.29) is 5.91 Å².